The van der Waals surface area contributed by atoms with Crippen molar-refractivity contribution in [2.75, 3.05) is 0 Å². The van der Waals surface area contributed by atoms with E-state index >= 15 is 0 Å². The molecule has 136 valence electrons. The Morgan fingerprint density at radius 1 is 0.889 bits per heavy atom. The zero-order valence-electron chi connectivity index (χ0n) is 14.4. The Balaban J connectivity index is 1.61. The Hall–Kier alpha value is -3.61. The van der Waals surface area contributed by atoms with Gasteiger partial charge in [0.15, 0.2) is 0 Å². The molecular formula is C20H17FN4O2. The predicted molar refractivity (Wildman–Crippen MR) is 97.2 cm³/mol. The van der Waals surface area contributed by atoms with Gasteiger partial charge in [0.05, 0.1) is 0 Å². The molecule has 7 heteroatoms. The van der Waals surface area contributed by atoms with E-state index < -0.39 is 11.7 Å². The first-order chi connectivity index (χ1) is 13.1. The van der Waals surface area contributed by atoms with E-state index in [2.05, 4.69) is 20.6 Å². The van der Waals surface area contributed by atoms with Gasteiger partial charge in [-0.15, -0.1) is 0 Å². The highest BCUT2D eigenvalue weighted by Gasteiger charge is 2.12. The minimum absolute atomic E-state index is 0.0334. The summed E-state index contributed by atoms with van der Waals surface area (Å²) in [6.07, 6.45) is 4.68. The van der Waals surface area contributed by atoms with Crippen molar-refractivity contribution in [2.24, 2.45) is 0 Å². The van der Waals surface area contributed by atoms with Gasteiger partial charge in [-0.2, -0.15) is 0 Å². The van der Waals surface area contributed by atoms with Crippen LogP contribution in [-0.4, -0.2) is 21.8 Å². The maximum Gasteiger partial charge on any atom is 0.270 e. The van der Waals surface area contributed by atoms with Crippen LogP contribution in [0.3, 0.4) is 0 Å². The molecule has 0 radical (unpaired) electrons. The second-order valence-corrected chi connectivity index (χ2v) is 5.74. The first-order valence-electron chi connectivity index (χ1n) is 8.28. The van der Waals surface area contributed by atoms with Gasteiger partial charge >= 0.3 is 0 Å². The highest BCUT2D eigenvalue weighted by atomic mass is 19.1. The molecule has 1 aromatic carbocycles. The maximum absolute atomic E-state index is 13.6. The van der Waals surface area contributed by atoms with Gasteiger partial charge in [0.25, 0.3) is 11.8 Å². The minimum Gasteiger partial charge on any atom is -0.348 e. The summed E-state index contributed by atoms with van der Waals surface area (Å²) >= 11 is 0. The lowest BCUT2D eigenvalue weighted by atomic mass is 10.2. The number of carbonyl (C=O) groups excluding carboxylic acids is 2. The number of amides is 2. The molecule has 0 aliphatic heterocycles. The fourth-order valence-electron chi connectivity index (χ4n) is 2.39. The molecule has 0 saturated heterocycles. The number of rotatable bonds is 6. The number of hydrogen-bond acceptors (Lipinski definition) is 4. The monoisotopic (exact) mass is 364 g/mol. The number of carbonyl (C=O) groups is 2. The summed E-state index contributed by atoms with van der Waals surface area (Å²) in [6.45, 7) is 0.379. The fourth-order valence-corrected chi connectivity index (χ4v) is 2.39. The predicted octanol–water partition coefficient (Wildman–Crippen LogP) is 2.48. The van der Waals surface area contributed by atoms with E-state index in [1.54, 1.807) is 42.7 Å². The van der Waals surface area contributed by atoms with Gasteiger partial charge < -0.3 is 10.6 Å². The molecule has 6 nitrogen and oxygen atoms in total. The smallest absolute Gasteiger partial charge is 0.270 e. The summed E-state index contributed by atoms with van der Waals surface area (Å²) in [4.78, 5) is 32.4. The van der Waals surface area contributed by atoms with Gasteiger partial charge in [0.1, 0.15) is 11.5 Å². The molecule has 0 atom stereocenters. The van der Waals surface area contributed by atoms with E-state index in [4.69, 9.17) is 0 Å². The molecule has 3 rings (SSSR count). The Kier molecular flexibility index (Phi) is 5.84. The highest BCUT2D eigenvalue weighted by molar-refractivity contribution is 5.98. The number of nitrogens with one attached hydrogen (secondary N) is 2. The lowest BCUT2D eigenvalue weighted by Crippen LogP contribution is -2.26. The summed E-state index contributed by atoms with van der Waals surface area (Å²) in [5.74, 6) is -1.20. The molecule has 2 amide bonds. The van der Waals surface area contributed by atoms with Crippen LogP contribution in [0.1, 0.15) is 32.0 Å². The molecule has 3 aromatic rings. The number of benzene rings is 1. The van der Waals surface area contributed by atoms with Crippen LogP contribution in [0.2, 0.25) is 0 Å². The number of halogens is 1. The van der Waals surface area contributed by atoms with Crippen molar-refractivity contribution in [3.63, 3.8) is 0 Å². The summed E-state index contributed by atoms with van der Waals surface area (Å²) in [5, 5.41) is 5.37. The average Bonchev–Trinajstić information content (AvgIpc) is 2.72. The summed E-state index contributed by atoms with van der Waals surface area (Å²) in [7, 11) is 0. The van der Waals surface area contributed by atoms with Gasteiger partial charge in [-0.05, 0) is 35.9 Å². The zero-order chi connectivity index (χ0) is 19.1. The third kappa shape index (κ3) is 4.94. The SMILES string of the molecule is O=C(NCc1ccncc1)c1ccnc(C(=O)NCc2ccccc2F)c1. The fraction of sp³-hybridized carbons (Fsp3) is 0.100. The number of aromatic nitrogens is 2. The van der Waals surface area contributed by atoms with Crippen molar-refractivity contribution >= 4 is 11.8 Å². The van der Waals surface area contributed by atoms with Crippen molar-refractivity contribution in [1.82, 2.24) is 20.6 Å². The third-order valence-electron chi connectivity index (χ3n) is 3.85. The third-order valence-corrected chi connectivity index (χ3v) is 3.85. The lowest BCUT2D eigenvalue weighted by Gasteiger charge is -2.08. The second-order valence-electron chi connectivity index (χ2n) is 5.74. The first-order valence-corrected chi connectivity index (χ1v) is 8.28. The van der Waals surface area contributed by atoms with E-state index in [1.165, 1.54) is 24.4 Å². The topological polar surface area (TPSA) is 84.0 Å². The molecule has 2 N–H and O–H groups in total. The lowest BCUT2D eigenvalue weighted by molar-refractivity contribution is 0.0945. The molecule has 0 aliphatic rings. The molecule has 0 fully saturated rings. The molecule has 0 unspecified atom stereocenters. The molecule has 0 aliphatic carbocycles. The van der Waals surface area contributed by atoms with Crippen LogP contribution in [0.15, 0.2) is 67.1 Å². The van der Waals surface area contributed by atoms with Crippen LogP contribution >= 0.6 is 0 Å². The van der Waals surface area contributed by atoms with Crippen LogP contribution in [0, 0.1) is 5.82 Å². The molecule has 27 heavy (non-hydrogen) atoms. The zero-order valence-corrected chi connectivity index (χ0v) is 14.4. The quantitative estimate of drug-likeness (QED) is 0.704. The van der Waals surface area contributed by atoms with Gasteiger partial charge in [0.2, 0.25) is 0 Å². The van der Waals surface area contributed by atoms with Crippen molar-refractivity contribution in [1.29, 1.82) is 0 Å². The largest absolute Gasteiger partial charge is 0.348 e. The summed E-state index contributed by atoms with van der Waals surface area (Å²) < 4.78 is 13.6. The maximum atomic E-state index is 13.6. The van der Waals surface area contributed by atoms with Crippen molar-refractivity contribution in [2.45, 2.75) is 13.1 Å². The van der Waals surface area contributed by atoms with Gasteiger partial charge in [0, 0.05) is 42.8 Å². The number of nitrogens with zero attached hydrogens (tertiary/aromatic N) is 2. The molecule has 0 spiro atoms. The molecule has 0 saturated carbocycles. The first kappa shape index (κ1) is 18.2. The van der Waals surface area contributed by atoms with E-state index in [-0.39, 0.29) is 18.1 Å². The Morgan fingerprint density at radius 2 is 1.63 bits per heavy atom. The normalized spacial score (nSPS) is 10.3. The highest BCUT2D eigenvalue weighted by Crippen LogP contribution is 2.07. The summed E-state index contributed by atoms with van der Waals surface area (Å²) in [6, 6.07) is 12.7. The van der Waals surface area contributed by atoms with Crippen LogP contribution in [0.4, 0.5) is 4.39 Å². The van der Waals surface area contributed by atoms with Crippen molar-refractivity contribution in [3.8, 4) is 0 Å². The van der Waals surface area contributed by atoms with Crippen LogP contribution in [0.5, 0.6) is 0 Å². The van der Waals surface area contributed by atoms with Gasteiger partial charge in [-0.25, -0.2) is 4.39 Å². The van der Waals surface area contributed by atoms with E-state index in [1.807, 2.05) is 0 Å². The Bertz CT molecular complexity index is 947. The molecule has 2 aromatic heterocycles. The summed E-state index contributed by atoms with van der Waals surface area (Å²) in [5.41, 5.74) is 1.69. The standard InChI is InChI=1S/C20H17FN4O2/c21-17-4-2-1-3-16(17)13-25-20(27)18-11-15(7-10-23-18)19(26)24-12-14-5-8-22-9-6-14/h1-11H,12-13H2,(H,24,26)(H,25,27). The number of pyridine rings is 2. The van der Waals surface area contributed by atoms with Crippen LogP contribution in [0.25, 0.3) is 0 Å². The number of hydrogen-bond donors (Lipinski definition) is 2. The second kappa shape index (κ2) is 8.66. The van der Waals surface area contributed by atoms with Crippen molar-refractivity contribution in [3.05, 3.63) is 95.3 Å². The van der Waals surface area contributed by atoms with Crippen LogP contribution in [-0.2, 0) is 13.1 Å². The van der Waals surface area contributed by atoms with E-state index in [0.717, 1.165) is 5.56 Å². The van der Waals surface area contributed by atoms with Gasteiger partial charge in [-0.3, -0.25) is 19.6 Å². The minimum atomic E-state index is -0.484. The van der Waals surface area contributed by atoms with Crippen LogP contribution < -0.4 is 10.6 Å². The molecular weight excluding hydrogens is 347 g/mol. The Labute approximate surface area is 155 Å². The van der Waals surface area contributed by atoms with E-state index in [9.17, 15) is 14.0 Å². The average molecular weight is 364 g/mol. The van der Waals surface area contributed by atoms with Gasteiger partial charge in [-0.1, -0.05) is 18.2 Å². The Morgan fingerprint density at radius 3 is 2.41 bits per heavy atom. The van der Waals surface area contributed by atoms with Crippen molar-refractivity contribution < 1.29 is 14.0 Å². The molecule has 0 bridgehead atoms. The molecule has 2 heterocycles. The van der Waals surface area contributed by atoms with E-state index in [0.29, 0.717) is 17.7 Å².